The van der Waals surface area contributed by atoms with Gasteiger partial charge >= 0.3 is 0 Å². The van der Waals surface area contributed by atoms with Gasteiger partial charge in [0.25, 0.3) is 0 Å². The number of piperidine rings is 1. The molecule has 20 heavy (non-hydrogen) atoms. The van der Waals surface area contributed by atoms with Gasteiger partial charge in [-0.15, -0.1) is 0 Å². The maximum Gasteiger partial charge on any atom is 0.246 e. The molecule has 0 radical (unpaired) electrons. The SMILES string of the molecule is NC(=O)C1CCCN(S(=O)(=O)c2cc(Br)ccc2F)C1. The van der Waals surface area contributed by atoms with Gasteiger partial charge in [0.1, 0.15) is 10.7 Å². The highest BCUT2D eigenvalue weighted by Gasteiger charge is 2.33. The van der Waals surface area contributed by atoms with Gasteiger partial charge in [-0.3, -0.25) is 4.79 Å². The van der Waals surface area contributed by atoms with Crippen molar-refractivity contribution in [3.8, 4) is 0 Å². The highest BCUT2D eigenvalue weighted by atomic mass is 79.9. The van der Waals surface area contributed by atoms with Crippen LogP contribution in [-0.4, -0.2) is 31.7 Å². The van der Waals surface area contributed by atoms with E-state index in [1.165, 1.54) is 12.1 Å². The Morgan fingerprint density at radius 3 is 2.80 bits per heavy atom. The van der Waals surface area contributed by atoms with Crippen LogP contribution < -0.4 is 5.73 Å². The van der Waals surface area contributed by atoms with Crippen LogP contribution in [0.1, 0.15) is 12.8 Å². The van der Waals surface area contributed by atoms with Gasteiger partial charge in [-0.1, -0.05) is 15.9 Å². The summed E-state index contributed by atoms with van der Waals surface area (Å²) in [4.78, 5) is 10.8. The molecular formula is C12H14BrFN2O3S. The third-order valence-corrected chi connectivity index (χ3v) is 5.67. The normalized spacial score (nSPS) is 20.8. The first kappa shape index (κ1) is 15.4. The fourth-order valence-corrected chi connectivity index (χ4v) is 4.33. The predicted octanol–water partition coefficient (Wildman–Crippen LogP) is 1.47. The molecule has 1 aliphatic rings. The van der Waals surface area contributed by atoms with Crippen LogP contribution in [0.3, 0.4) is 0 Å². The fraction of sp³-hybridized carbons (Fsp3) is 0.417. The lowest BCUT2D eigenvalue weighted by Gasteiger charge is -2.30. The van der Waals surface area contributed by atoms with E-state index in [9.17, 15) is 17.6 Å². The standard InChI is InChI=1S/C12H14BrFN2O3S/c13-9-3-4-10(14)11(6-9)20(18,19)16-5-1-2-8(7-16)12(15)17/h3-4,6,8H,1-2,5,7H2,(H2,15,17). The monoisotopic (exact) mass is 364 g/mol. The van der Waals surface area contributed by atoms with E-state index in [-0.39, 0.29) is 13.1 Å². The molecule has 1 aromatic rings. The Balaban J connectivity index is 2.35. The van der Waals surface area contributed by atoms with Crippen molar-refractivity contribution >= 4 is 31.9 Å². The molecule has 1 aliphatic heterocycles. The summed E-state index contributed by atoms with van der Waals surface area (Å²) in [5.41, 5.74) is 5.22. The number of rotatable bonds is 3. The quantitative estimate of drug-likeness (QED) is 0.881. The number of hydrogen-bond acceptors (Lipinski definition) is 3. The molecule has 0 bridgehead atoms. The third-order valence-electron chi connectivity index (χ3n) is 3.30. The van der Waals surface area contributed by atoms with E-state index in [1.54, 1.807) is 0 Å². The zero-order chi connectivity index (χ0) is 14.9. The molecule has 1 atom stereocenters. The van der Waals surface area contributed by atoms with E-state index >= 15 is 0 Å². The Labute approximate surface area is 125 Å². The number of benzene rings is 1. The van der Waals surface area contributed by atoms with Crippen molar-refractivity contribution in [3.63, 3.8) is 0 Å². The summed E-state index contributed by atoms with van der Waals surface area (Å²) in [6.07, 6.45) is 1.09. The zero-order valence-electron chi connectivity index (χ0n) is 10.6. The smallest absolute Gasteiger partial charge is 0.246 e. The number of carbonyl (C=O) groups is 1. The summed E-state index contributed by atoms with van der Waals surface area (Å²) >= 11 is 3.12. The second-order valence-corrected chi connectivity index (χ2v) is 7.50. The Bertz CT molecular complexity index is 636. The first-order valence-electron chi connectivity index (χ1n) is 6.07. The molecule has 2 N–H and O–H groups in total. The van der Waals surface area contributed by atoms with Crippen molar-refractivity contribution < 1.29 is 17.6 Å². The summed E-state index contributed by atoms with van der Waals surface area (Å²) in [6, 6.07) is 3.74. The number of nitrogens with two attached hydrogens (primary N) is 1. The number of primary amides is 1. The molecule has 1 fully saturated rings. The van der Waals surface area contributed by atoms with E-state index in [4.69, 9.17) is 5.73 Å². The Morgan fingerprint density at radius 2 is 2.15 bits per heavy atom. The number of nitrogens with zero attached hydrogens (tertiary/aromatic N) is 1. The van der Waals surface area contributed by atoms with Crippen molar-refractivity contribution in [3.05, 3.63) is 28.5 Å². The fourth-order valence-electron chi connectivity index (χ4n) is 2.21. The minimum atomic E-state index is -3.96. The van der Waals surface area contributed by atoms with Crippen LogP contribution in [-0.2, 0) is 14.8 Å². The largest absolute Gasteiger partial charge is 0.369 e. The molecule has 2 rings (SSSR count). The highest BCUT2D eigenvalue weighted by Crippen LogP contribution is 2.27. The minimum absolute atomic E-state index is 0.00359. The summed E-state index contributed by atoms with van der Waals surface area (Å²) in [7, 11) is -3.96. The minimum Gasteiger partial charge on any atom is -0.369 e. The molecule has 110 valence electrons. The number of hydrogen-bond donors (Lipinski definition) is 1. The molecule has 0 aliphatic carbocycles. The lowest BCUT2D eigenvalue weighted by atomic mass is 9.99. The summed E-state index contributed by atoms with van der Waals surface area (Å²) in [5, 5.41) is 0. The lowest BCUT2D eigenvalue weighted by Crippen LogP contribution is -2.44. The molecule has 1 aromatic carbocycles. The van der Waals surface area contributed by atoms with Gasteiger partial charge in [-0.25, -0.2) is 12.8 Å². The van der Waals surface area contributed by atoms with Crippen LogP contribution in [0.15, 0.2) is 27.6 Å². The zero-order valence-corrected chi connectivity index (χ0v) is 13.0. The molecular weight excluding hydrogens is 351 g/mol. The van der Waals surface area contributed by atoms with Gasteiger partial charge in [0.2, 0.25) is 15.9 Å². The summed E-state index contributed by atoms with van der Waals surface area (Å²) in [6.45, 7) is 0.266. The van der Waals surface area contributed by atoms with E-state index in [0.29, 0.717) is 17.3 Å². The second-order valence-electron chi connectivity index (χ2n) is 4.68. The van der Waals surface area contributed by atoms with Crippen LogP contribution in [0.4, 0.5) is 4.39 Å². The van der Waals surface area contributed by atoms with E-state index < -0.39 is 32.6 Å². The Hall–Kier alpha value is -0.990. The number of carbonyl (C=O) groups excluding carboxylic acids is 1. The van der Waals surface area contributed by atoms with Crippen molar-refractivity contribution in [2.24, 2.45) is 11.7 Å². The summed E-state index contributed by atoms with van der Waals surface area (Å²) < 4.78 is 40.2. The van der Waals surface area contributed by atoms with Crippen LogP contribution in [0, 0.1) is 11.7 Å². The number of amides is 1. The van der Waals surface area contributed by atoms with Gasteiger partial charge in [-0.2, -0.15) is 4.31 Å². The van der Waals surface area contributed by atoms with Gasteiger partial charge in [-0.05, 0) is 31.0 Å². The topological polar surface area (TPSA) is 80.5 Å². The predicted molar refractivity (Wildman–Crippen MR) is 74.8 cm³/mol. The molecule has 1 heterocycles. The summed E-state index contributed by atoms with van der Waals surface area (Å²) in [5.74, 6) is -1.86. The Morgan fingerprint density at radius 1 is 1.45 bits per heavy atom. The van der Waals surface area contributed by atoms with Crippen molar-refractivity contribution in [1.82, 2.24) is 4.31 Å². The first-order chi connectivity index (χ1) is 9.32. The van der Waals surface area contributed by atoms with Gasteiger partial charge < -0.3 is 5.73 Å². The molecule has 1 amide bonds. The van der Waals surface area contributed by atoms with Crippen LogP contribution >= 0.6 is 15.9 Å². The number of sulfonamides is 1. The maximum absolute atomic E-state index is 13.8. The van der Waals surface area contributed by atoms with E-state index in [0.717, 1.165) is 10.4 Å². The van der Waals surface area contributed by atoms with E-state index in [2.05, 4.69) is 15.9 Å². The molecule has 8 heteroatoms. The van der Waals surface area contributed by atoms with Gasteiger partial charge in [0.05, 0.1) is 5.92 Å². The van der Waals surface area contributed by atoms with Crippen LogP contribution in [0.5, 0.6) is 0 Å². The molecule has 0 spiro atoms. The maximum atomic E-state index is 13.8. The van der Waals surface area contributed by atoms with Crippen molar-refractivity contribution in [2.75, 3.05) is 13.1 Å². The Kier molecular flexibility index (Phi) is 4.46. The average Bonchev–Trinajstić information content (AvgIpc) is 2.41. The van der Waals surface area contributed by atoms with E-state index in [1.807, 2.05) is 0 Å². The van der Waals surface area contributed by atoms with Crippen molar-refractivity contribution in [1.29, 1.82) is 0 Å². The van der Waals surface area contributed by atoms with Gasteiger partial charge in [0.15, 0.2) is 0 Å². The highest BCUT2D eigenvalue weighted by molar-refractivity contribution is 9.10. The lowest BCUT2D eigenvalue weighted by molar-refractivity contribution is -0.122. The number of halogens is 2. The molecule has 5 nitrogen and oxygen atoms in total. The van der Waals surface area contributed by atoms with Crippen molar-refractivity contribution in [2.45, 2.75) is 17.7 Å². The van der Waals surface area contributed by atoms with Gasteiger partial charge in [0, 0.05) is 17.6 Å². The van der Waals surface area contributed by atoms with Crippen LogP contribution in [0.2, 0.25) is 0 Å². The average molecular weight is 365 g/mol. The molecule has 0 aromatic heterocycles. The second kappa shape index (κ2) is 5.79. The van der Waals surface area contributed by atoms with Crippen LogP contribution in [0.25, 0.3) is 0 Å². The third kappa shape index (κ3) is 3.02. The molecule has 0 saturated carbocycles. The molecule has 1 unspecified atom stereocenters. The first-order valence-corrected chi connectivity index (χ1v) is 8.30. The molecule has 1 saturated heterocycles.